The number of carboxylic acids is 1. The summed E-state index contributed by atoms with van der Waals surface area (Å²) in [5.41, 5.74) is 4.04. The van der Waals surface area contributed by atoms with E-state index >= 15 is 0 Å². The van der Waals surface area contributed by atoms with Gasteiger partial charge in [-0.25, -0.2) is 4.98 Å². The minimum atomic E-state index is -0.752. The fourth-order valence-electron chi connectivity index (χ4n) is 3.69. The minimum Gasteiger partial charge on any atom is -0.493 e. The molecule has 0 unspecified atom stereocenters. The van der Waals surface area contributed by atoms with Crippen LogP contribution in [0.5, 0.6) is 5.75 Å². The van der Waals surface area contributed by atoms with Crippen molar-refractivity contribution < 1.29 is 19.1 Å². The van der Waals surface area contributed by atoms with Crippen molar-refractivity contribution in [3.8, 4) is 39.7 Å². The van der Waals surface area contributed by atoms with E-state index in [1.54, 1.807) is 6.26 Å². The standard InChI is InChI=1S/C26H26N2O4/c1-28-22(19-12-14-20(15-13-19)23-10-7-17-31-23)18-27-26(28)21-8-4-5-9-24(21)32-16-6-2-3-11-25(29)30/h4-5,7-10,12-15,17-18H,2-3,6,11,16H2,1H3,(H,29,30). The van der Waals surface area contributed by atoms with Gasteiger partial charge in [0.15, 0.2) is 0 Å². The molecule has 0 aliphatic rings. The molecule has 6 heteroatoms. The Kier molecular flexibility index (Phi) is 6.70. The van der Waals surface area contributed by atoms with E-state index < -0.39 is 5.97 Å². The van der Waals surface area contributed by atoms with Crippen molar-refractivity contribution in [1.82, 2.24) is 9.55 Å². The molecule has 0 radical (unpaired) electrons. The van der Waals surface area contributed by atoms with Crippen molar-refractivity contribution in [2.75, 3.05) is 6.61 Å². The number of unbranched alkanes of at least 4 members (excludes halogenated alkanes) is 2. The molecule has 164 valence electrons. The molecule has 2 heterocycles. The number of para-hydroxylation sites is 1. The van der Waals surface area contributed by atoms with E-state index in [2.05, 4.69) is 21.7 Å². The Balaban J connectivity index is 1.48. The molecule has 0 aliphatic heterocycles. The SMILES string of the molecule is Cn1c(-c2ccc(-c3ccco3)cc2)cnc1-c1ccccc1OCCCCCC(=O)O. The van der Waals surface area contributed by atoms with Crippen LogP contribution in [0, 0.1) is 0 Å². The van der Waals surface area contributed by atoms with Crippen LogP contribution in [0.4, 0.5) is 0 Å². The Labute approximate surface area is 187 Å². The number of rotatable bonds is 10. The highest BCUT2D eigenvalue weighted by molar-refractivity contribution is 5.71. The number of furan rings is 1. The summed E-state index contributed by atoms with van der Waals surface area (Å²) in [5, 5.41) is 8.73. The number of imidazole rings is 1. The third-order valence-corrected chi connectivity index (χ3v) is 5.40. The molecule has 32 heavy (non-hydrogen) atoms. The summed E-state index contributed by atoms with van der Waals surface area (Å²) in [6.07, 6.45) is 6.06. The van der Waals surface area contributed by atoms with Gasteiger partial charge in [0.2, 0.25) is 0 Å². The van der Waals surface area contributed by atoms with E-state index in [4.69, 9.17) is 14.3 Å². The molecule has 1 N–H and O–H groups in total. The molecule has 0 fully saturated rings. The zero-order valence-corrected chi connectivity index (χ0v) is 18.0. The lowest BCUT2D eigenvalue weighted by atomic mass is 10.1. The van der Waals surface area contributed by atoms with Crippen molar-refractivity contribution in [3.63, 3.8) is 0 Å². The second-order valence-electron chi connectivity index (χ2n) is 7.63. The number of aromatic nitrogens is 2. The van der Waals surface area contributed by atoms with Crippen LogP contribution >= 0.6 is 0 Å². The van der Waals surface area contributed by atoms with E-state index in [0.717, 1.165) is 52.6 Å². The van der Waals surface area contributed by atoms with Crippen molar-refractivity contribution in [2.24, 2.45) is 7.05 Å². The molecule has 4 rings (SSSR count). The number of ether oxygens (including phenoxy) is 1. The van der Waals surface area contributed by atoms with E-state index in [-0.39, 0.29) is 6.42 Å². The molecule has 0 spiro atoms. The third-order valence-electron chi connectivity index (χ3n) is 5.40. The molecular formula is C26H26N2O4. The maximum absolute atomic E-state index is 10.6. The largest absolute Gasteiger partial charge is 0.493 e. The number of benzene rings is 2. The highest BCUT2D eigenvalue weighted by Gasteiger charge is 2.15. The number of nitrogens with zero attached hydrogens (tertiary/aromatic N) is 2. The van der Waals surface area contributed by atoms with E-state index in [1.807, 2.05) is 61.8 Å². The van der Waals surface area contributed by atoms with Gasteiger partial charge >= 0.3 is 5.97 Å². The first kappa shape index (κ1) is 21.4. The van der Waals surface area contributed by atoms with Gasteiger partial charge in [-0.15, -0.1) is 0 Å². The first-order valence-electron chi connectivity index (χ1n) is 10.7. The Morgan fingerprint density at radius 1 is 1.00 bits per heavy atom. The van der Waals surface area contributed by atoms with Gasteiger partial charge in [0.1, 0.15) is 17.3 Å². The maximum atomic E-state index is 10.6. The average Bonchev–Trinajstić information content (AvgIpc) is 3.47. The predicted molar refractivity (Wildman–Crippen MR) is 123 cm³/mol. The van der Waals surface area contributed by atoms with Crippen LogP contribution in [0.15, 0.2) is 77.5 Å². The Bertz CT molecular complexity index is 1160. The second kappa shape index (κ2) is 10.0. The van der Waals surface area contributed by atoms with Gasteiger partial charge in [-0.2, -0.15) is 0 Å². The van der Waals surface area contributed by atoms with Crippen LogP contribution in [0.25, 0.3) is 34.0 Å². The number of hydrogen-bond donors (Lipinski definition) is 1. The first-order chi connectivity index (χ1) is 15.6. The van der Waals surface area contributed by atoms with Gasteiger partial charge in [-0.05, 0) is 49.1 Å². The quantitative estimate of drug-likeness (QED) is 0.311. The van der Waals surface area contributed by atoms with Gasteiger partial charge in [0, 0.05) is 19.0 Å². The molecule has 4 aromatic rings. The summed E-state index contributed by atoms with van der Waals surface area (Å²) >= 11 is 0. The van der Waals surface area contributed by atoms with Gasteiger partial charge in [0.25, 0.3) is 0 Å². The fraction of sp³-hybridized carbons (Fsp3) is 0.231. The fourth-order valence-corrected chi connectivity index (χ4v) is 3.69. The predicted octanol–water partition coefficient (Wildman–Crippen LogP) is 6.04. The molecule has 0 atom stereocenters. The highest BCUT2D eigenvalue weighted by Crippen LogP contribution is 2.32. The topological polar surface area (TPSA) is 77.5 Å². The van der Waals surface area contributed by atoms with E-state index in [9.17, 15) is 4.79 Å². The molecule has 0 saturated carbocycles. The van der Waals surface area contributed by atoms with Crippen molar-refractivity contribution in [3.05, 3.63) is 73.1 Å². The number of carboxylic acid groups (broad SMARTS) is 1. The first-order valence-corrected chi connectivity index (χ1v) is 10.7. The van der Waals surface area contributed by atoms with Crippen LogP contribution in [-0.4, -0.2) is 27.2 Å². The molecule has 6 nitrogen and oxygen atoms in total. The number of hydrogen-bond acceptors (Lipinski definition) is 4. The summed E-state index contributed by atoms with van der Waals surface area (Å²) in [7, 11) is 2.00. The van der Waals surface area contributed by atoms with Crippen LogP contribution in [0.3, 0.4) is 0 Å². The lowest BCUT2D eigenvalue weighted by Gasteiger charge is -2.12. The van der Waals surface area contributed by atoms with Crippen molar-refractivity contribution in [2.45, 2.75) is 25.7 Å². The highest BCUT2D eigenvalue weighted by atomic mass is 16.5. The van der Waals surface area contributed by atoms with Crippen LogP contribution in [0.1, 0.15) is 25.7 Å². The lowest BCUT2D eigenvalue weighted by molar-refractivity contribution is -0.137. The van der Waals surface area contributed by atoms with E-state index in [1.165, 1.54) is 0 Å². The second-order valence-corrected chi connectivity index (χ2v) is 7.63. The summed E-state index contributed by atoms with van der Waals surface area (Å²) in [5.74, 6) is 1.70. The smallest absolute Gasteiger partial charge is 0.303 e. The summed E-state index contributed by atoms with van der Waals surface area (Å²) < 4.78 is 13.6. The molecule has 2 aromatic carbocycles. The van der Waals surface area contributed by atoms with Crippen LogP contribution in [-0.2, 0) is 11.8 Å². The Hall–Kier alpha value is -3.80. The molecule has 0 bridgehead atoms. The van der Waals surface area contributed by atoms with Gasteiger partial charge < -0.3 is 18.8 Å². The molecular weight excluding hydrogens is 404 g/mol. The minimum absolute atomic E-state index is 0.203. The normalized spacial score (nSPS) is 10.9. The lowest BCUT2D eigenvalue weighted by Crippen LogP contribution is -2.02. The van der Waals surface area contributed by atoms with Crippen molar-refractivity contribution in [1.29, 1.82) is 0 Å². The van der Waals surface area contributed by atoms with Crippen LogP contribution < -0.4 is 4.74 Å². The molecule has 0 saturated heterocycles. The molecule has 0 amide bonds. The van der Waals surface area contributed by atoms with E-state index in [0.29, 0.717) is 13.0 Å². The van der Waals surface area contributed by atoms with Gasteiger partial charge in [-0.3, -0.25) is 4.79 Å². The zero-order chi connectivity index (χ0) is 22.3. The van der Waals surface area contributed by atoms with Crippen molar-refractivity contribution >= 4 is 5.97 Å². The zero-order valence-electron chi connectivity index (χ0n) is 18.0. The van der Waals surface area contributed by atoms with Crippen LogP contribution in [0.2, 0.25) is 0 Å². The molecule has 0 aliphatic carbocycles. The number of aliphatic carboxylic acids is 1. The maximum Gasteiger partial charge on any atom is 0.303 e. The summed E-state index contributed by atoms with van der Waals surface area (Å²) in [4.78, 5) is 15.3. The van der Waals surface area contributed by atoms with Gasteiger partial charge in [0.05, 0.1) is 30.3 Å². The monoisotopic (exact) mass is 430 g/mol. The van der Waals surface area contributed by atoms with Gasteiger partial charge in [-0.1, -0.05) is 36.4 Å². The average molecular weight is 431 g/mol. The number of carbonyl (C=O) groups is 1. The summed E-state index contributed by atoms with van der Waals surface area (Å²) in [6.45, 7) is 0.544. The summed E-state index contributed by atoms with van der Waals surface area (Å²) in [6, 6.07) is 19.9. The Morgan fingerprint density at radius 3 is 2.53 bits per heavy atom. The third kappa shape index (κ3) is 4.91. The Morgan fingerprint density at radius 2 is 1.78 bits per heavy atom. The molecule has 2 aromatic heterocycles.